The number of nitrogens with zero attached hydrogens (tertiary/aromatic N) is 1. The van der Waals surface area contributed by atoms with Gasteiger partial charge >= 0.3 is 0 Å². The lowest BCUT2D eigenvalue weighted by Gasteiger charge is -2.31. The predicted octanol–water partition coefficient (Wildman–Crippen LogP) is 1.41. The second-order valence-electron chi connectivity index (χ2n) is 3.90. The van der Waals surface area contributed by atoms with Gasteiger partial charge in [0.15, 0.2) is 0 Å². The van der Waals surface area contributed by atoms with Crippen LogP contribution in [-0.2, 0) is 0 Å². The molecule has 1 aliphatic rings. The third kappa shape index (κ3) is 4.05. The topological polar surface area (TPSA) is 29.3 Å². The normalized spacial score (nSPS) is 20.8. The van der Waals surface area contributed by atoms with E-state index >= 15 is 0 Å². The summed E-state index contributed by atoms with van der Waals surface area (Å²) in [7, 11) is 0. The van der Waals surface area contributed by atoms with Crippen LogP contribution in [0.1, 0.15) is 25.7 Å². The lowest BCUT2D eigenvalue weighted by molar-refractivity contribution is 0.174. The molecule has 0 atom stereocenters. The average molecular weight is 188 g/mol. The lowest BCUT2D eigenvalue weighted by Crippen LogP contribution is -2.35. The van der Waals surface area contributed by atoms with E-state index in [-0.39, 0.29) is 6.67 Å². The molecule has 2 nitrogen and oxygen atoms in total. The average Bonchev–Trinajstić information content (AvgIpc) is 2.17. The quantitative estimate of drug-likeness (QED) is 0.706. The Bertz CT molecular complexity index is 122. The van der Waals surface area contributed by atoms with Crippen molar-refractivity contribution in [3.8, 4) is 0 Å². The number of alkyl halides is 1. The zero-order chi connectivity index (χ0) is 9.52. The molecule has 0 unspecified atom stereocenters. The number of halogens is 1. The van der Waals surface area contributed by atoms with Crippen LogP contribution in [0.15, 0.2) is 0 Å². The number of nitrogens with two attached hydrogens (primary N) is 1. The van der Waals surface area contributed by atoms with Crippen molar-refractivity contribution in [2.45, 2.75) is 25.7 Å². The van der Waals surface area contributed by atoms with E-state index in [4.69, 9.17) is 5.73 Å². The van der Waals surface area contributed by atoms with Crippen LogP contribution in [0.2, 0.25) is 0 Å². The first kappa shape index (κ1) is 10.9. The maximum atomic E-state index is 11.9. The summed E-state index contributed by atoms with van der Waals surface area (Å²) in [5, 5.41) is 0. The van der Waals surface area contributed by atoms with Gasteiger partial charge in [-0.05, 0) is 51.2 Å². The number of hydrogen-bond acceptors (Lipinski definition) is 2. The van der Waals surface area contributed by atoms with E-state index in [9.17, 15) is 4.39 Å². The van der Waals surface area contributed by atoms with E-state index in [1.807, 2.05) is 0 Å². The van der Waals surface area contributed by atoms with Gasteiger partial charge in [0, 0.05) is 6.54 Å². The highest BCUT2D eigenvalue weighted by Crippen LogP contribution is 2.19. The zero-order valence-electron chi connectivity index (χ0n) is 8.34. The highest BCUT2D eigenvalue weighted by molar-refractivity contribution is 4.72. The van der Waals surface area contributed by atoms with E-state index in [1.54, 1.807) is 0 Å². The Morgan fingerprint density at radius 2 is 2.00 bits per heavy atom. The first-order valence-electron chi connectivity index (χ1n) is 5.35. The van der Waals surface area contributed by atoms with Gasteiger partial charge in [0.1, 0.15) is 0 Å². The van der Waals surface area contributed by atoms with Crippen LogP contribution in [-0.4, -0.2) is 37.8 Å². The summed E-state index contributed by atoms with van der Waals surface area (Å²) in [4.78, 5) is 2.37. The molecule has 1 saturated heterocycles. The van der Waals surface area contributed by atoms with Crippen molar-refractivity contribution in [2.24, 2.45) is 11.7 Å². The van der Waals surface area contributed by atoms with Crippen molar-refractivity contribution in [2.75, 3.05) is 32.9 Å². The van der Waals surface area contributed by atoms with E-state index in [1.165, 1.54) is 12.8 Å². The van der Waals surface area contributed by atoms with Crippen molar-refractivity contribution in [1.82, 2.24) is 4.90 Å². The molecule has 0 aromatic heterocycles. The Labute approximate surface area is 80.3 Å². The maximum Gasteiger partial charge on any atom is 0.0906 e. The van der Waals surface area contributed by atoms with Crippen LogP contribution in [0.4, 0.5) is 4.39 Å². The Hall–Kier alpha value is -0.150. The Kier molecular flexibility index (Phi) is 5.32. The zero-order valence-corrected chi connectivity index (χ0v) is 8.34. The lowest BCUT2D eigenvalue weighted by atomic mass is 9.93. The molecule has 13 heavy (non-hydrogen) atoms. The summed E-state index contributed by atoms with van der Waals surface area (Å²) in [5.41, 5.74) is 5.51. The highest BCUT2D eigenvalue weighted by atomic mass is 19.1. The van der Waals surface area contributed by atoms with Gasteiger partial charge in [0.05, 0.1) is 6.67 Å². The van der Waals surface area contributed by atoms with E-state index in [0.29, 0.717) is 6.42 Å². The van der Waals surface area contributed by atoms with Gasteiger partial charge in [0.2, 0.25) is 0 Å². The minimum Gasteiger partial charge on any atom is -0.330 e. The number of hydrogen-bond donors (Lipinski definition) is 1. The highest BCUT2D eigenvalue weighted by Gasteiger charge is 2.17. The van der Waals surface area contributed by atoms with Crippen LogP contribution in [0.5, 0.6) is 0 Å². The fourth-order valence-corrected chi connectivity index (χ4v) is 2.02. The summed E-state index contributed by atoms with van der Waals surface area (Å²) in [5.74, 6) is 0.826. The van der Waals surface area contributed by atoms with Gasteiger partial charge in [-0.15, -0.1) is 0 Å². The smallest absolute Gasteiger partial charge is 0.0906 e. The monoisotopic (exact) mass is 188 g/mol. The molecule has 1 rings (SSSR count). The molecule has 0 bridgehead atoms. The molecule has 0 aliphatic carbocycles. The van der Waals surface area contributed by atoms with Crippen LogP contribution in [0.3, 0.4) is 0 Å². The third-order valence-corrected chi connectivity index (χ3v) is 2.89. The molecule has 78 valence electrons. The molecule has 0 saturated carbocycles. The first-order chi connectivity index (χ1) is 6.36. The fraction of sp³-hybridized carbons (Fsp3) is 1.00. The number of rotatable bonds is 5. The molecular formula is C10H21FN2. The molecular weight excluding hydrogens is 167 g/mol. The van der Waals surface area contributed by atoms with Crippen molar-refractivity contribution >= 4 is 0 Å². The Morgan fingerprint density at radius 1 is 1.31 bits per heavy atom. The molecule has 0 amide bonds. The van der Waals surface area contributed by atoms with Gasteiger partial charge in [0.25, 0.3) is 0 Å². The first-order valence-corrected chi connectivity index (χ1v) is 5.35. The Balaban J connectivity index is 2.08. The number of likely N-dealkylation sites (tertiary alicyclic amines) is 1. The molecule has 1 heterocycles. The van der Waals surface area contributed by atoms with Gasteiger partial charge in [-0.2, -0.15) is 0 Å². The van der Waals surface area contributed by atoms with Crippen molar-refractivity contribution in [3.63, 3.8) is 0 Å². The van der Waals surface area contributed by atoms with Crippen molar-refractivity contribution in [3.05, 3.63) is 0 Å². The van der Waals surface area contributed by atoms with Crippen LogP contribution in [0, 0.1) is 5.92 Å². The second kappa shape index (κ2) is 6.33. The summed E-state index contributed by atoms with van der Waals surface area (Å²) in [6.45, 7) is 3.86. The summed E-state index contributed by atoms with van der Waals surface area (Å²) < 4.78 is 11.9. The van der Waals surface area contributed by atoms with Crippen LogP contribution >= 0.6 is 0 Å². The maximum absolute atomic E-state index is 11.9. The van der Waals surface area contributed by atoms with Gasteiger partial charge in [-0.25, -0.2) is 0 Å². The molecule has 3 heteroatoms. The molecule has 1 fully saturated rings. The summed E-state index contributed by atoms with van der Waals surface area (Å²) >= 11 is 0. The summed E-state index contributed by atoms with van der Waals surface area (Å²) in [6.07, 6.45) is 4.37. The molecule has 1 aliphatic heterocycles. The van der Waals surface area contributed by atoms with Crippen molar-refractivity contribution < 1.29 is 4.39 Å². The van der Waals surface area contributed by atoms with Gasteiger partial charge in [-0.3, -0.25) is 4.39 Å². The SMILES string of the molecule is NCCC1CCN(CCCF)CC1. The summed E-state index contributed by atoms with van der Waals surface area (Å²) in [6, 6.07) is 0. The minimum atomic E-state index is -0.178. The molecule has 0 radical (unpaired) electrons. The molecule has 0 aromatic rings. The number of piperidine rings is 1. The van der Waals surface area contributed by atoms with Gasteiger partial charge in [-0.1, -0.05) is 0 Å². The molecule has 0 spiro atoms. The predicted molar refractivity (Wildman–Crippen MR) is 53.4 cm³/mol. The fourth-order valence-electron chi connectivity index (χ4n) is 2.02. The molecule has 0 aromatic carbocycles. The van der Waals surface area contributed by atoms with Crippen LogP contribution < -0.4 is 5.73 Å². The minimum absolute atomic E-state index is 0.178. The standard InChI is InChI=1S/C10H21FN2/c11-5-1-7-13-8-3-10(2-6-12)4-9-13/h10H,1-9,12H2. The third-order valence-electron chi connectivity index (χ3n) is 2.89. The van der Waals surface area contributed by atoms with Crippen LogP contribution in [0.25, 0.3) is 0 Å². The van der Waals surface area contributed by atoms with Crippen molar-refractivity contribution in [1.29, 1.82) is 0 Å². The largest absolute Gasteiger partial charge is 0.330 e. The Morgan fingerprint density at radius 3 is 2.54 bits per heavy atom. The van der Waals surface area contributed by atoms with E-state index in [0.717, 1.165) is 38.5 Å². The van der Waals surface area contributed by atoms with Gasteiger partial charge < -0.3 is 10.6 Å². The van der Waals surface area contributed by atoms with E-state index < -0.39 is 0 Å². The molecule has 2 N–H and O–H groups in total. The van der Waals surface area contributed by atoms with E-state index in [2.05, 4.69) is 4.90 Å². The second-order valence-corrected chi connectivity index (χ2v) is 3.90.